The molecule has 20 heavy (non-hydrogen) atoms. The second-order valence-electron chi connectivity index (χ2n) is 5.30. The minimum absolute atomic E-state index is 0.140. The lowest BCUT2D eigenvalue weighted by atomic mass is 9.76. The van der Waals surface area contributed by atoms with Gasteiger partial charge in [-0.15, -0.1) is 0 Å². The van der Waals surface area contributed by atoms with Crippen LogP contribution in [-0.2, 0) is 0 Å². The summed E-state index contributed by atoms with van der Waals surface area (Å²) in [4.78, 5) is 11.9. The molecule has 1 heterocycles. The third kappa shape index (κ3) is 2.59. The third-order valence-electron chi connectivity index (χ3n) is 3.76. The Morgan fingerprint density at radius 3 is 2.75 bits per heavy atom. The van der Waals surface area contributed by atoms with Crippen LogP contribution in [0.3, 0.4) is 0 Å². The first kappa shape index (κ1) is 12.9. The van der Waals surface area contributed by atoms with Gasteiger partial charge in [-0.2, -0.15) is 0 Å². The molecule has 1 aliphatic carbocycles. The fourth-order valence-corrected chi connectivity index (χ4v) is 2.58. The van der Waals surface area contributed by atoms with Crippen molar-refractivity contribution in [2.45, 2.75) is 31.7 Å². The highest BCUT2D eigenvalue weighted by atomic mass is 19.1. The van der Waals surface area contributed by atoms with E-state index in [1.165, 1.54) is 6.07 Å². The average Bonchev–Trinajstić information content (AvgIpc) is 2.80. The molecule has 1 aromatic heterocycles. The van der Waals surface area contributed by atoms with Crippen molar-refractivity contribution < 1.29 is 13.6 Å². The molecule has 1 N–H and O–H groups in total. The number of furan rings is 1. The summed E-state index contributed by atoms with van der Waals surface area (Å²) < 4.78 is 18.4. The summed E-state index contributed by atoms with van der Waals surface area (Å²) >= 11 is 0. The van der Waals surface area contributed by atoms with E-state index in [0.717, 1.165) is 24.2 Å². The molecule has 3 nitrogen and oxygen atoms in total. The van der Waals surface area contributed by atoms with Crippen molar-refractivity contribution in [3.63, 3.8) is 0 Å². The summed E-state index contributed by atoms with van der Waals surface area (Å²) in [5.74, 6) is 1.01. The molecule has 0 unspecified atom stereocenters. The minimum Gasteiger partial charge on any atom is -0.456 e. The highest BCUT2D eigenvalue weighted by Crippen LogP contribution is 2.37. The number of aryl methyl sites for hydroxylation is 1. The Labute approximate surface area is 116 Å². The Morgan fingerprint density at radius 1 is 1.30 bits per heavy atom. The van der Waals surface area contributed by atoms with E-state index in [1.807, 2.05) is 6.07 Å². The molecule has 0 bridgehead atoms. The number of amides is 1. The van der Waals surface area contributed by atoms with Gasteiger partial charge in [-0.1, -0.05) is 12.1 Å². The molecule has 3 rings (SSSR count). The van der Waals surface area contributed by atoms with E-state index < -0.39 is 0 Å². The van der Waals surface area contributed by atoms with E-state index in [1.54, 1.807) is 31.2 Å². The number of hydrogen-bond acceptors (Lipinski definition) is 2. The van der Waals surface area contributed by atoms with Crippen molar-refractivity contribution in [2.24, 2.45) is 0 Å². The van der Waals surface area contributed by atoms with Crippen LogP contribution in [0.1, 0.15) is 40.6 Å². The van der Waals surface area contributed by atoms with Crippen molar-refractivity contribution in [3.8, 4) is 0 Å². The maximum Gasteiger partial charge on any atom is 0.287 e. The van der Waals surface area contributed by atoms with Crippen LogP contribution in [0.2, 0.25) is 0 Å². The van der Waals surface area contributed by atoms with Crippen LogP contribution >= 0.6 is 0 Å². The Balaban J connectivity index is 1.55. The number of halogens is 1. The van der Waals surface area contributed by atoms with Crippen LogP contribution in [0.25, 0.3) is 0 Å². The van der Waals surface area contributed by atoms with Gasteiger partial charge in [0.05, 0.1) is 0 Å². The fraction of sp³-hybridized carbons (Fsp3) is 0.312. The number of hydrogen-bond donors (Lipinski definition) is 1. The predicted molar refractivity (Wildman–Crippen MR) is 73.1 cm³/mol. The molecule has 1 saturated carbocycles. The van der Waals surface area contributed by atoms with E-state index in [2.05, 4.69) is 5.32 Å². The van der Waals surface area contributed by atoms with Gasteiger partial charge in [0, 0.05) is 6.04 Å². The summed E-state index contributed by atoms with van der Waals surface area (Å²) in [6.07, 6.45) is 1.68. The summed E-state index contributed by atoms with van der Waals surface area (Å²) in [5, 5.41) is 2.93. The zero-order valence-corrected chi connectivity index (χ0v) is 11.2. The summed E-state index contributed by atoms with van der Waals surface area (Å²) in [6.45, 7) is 1.81. The maximum absolute atomic E-state index is 13.1. The molecular weight excluding hydrogens is 257 g/mol. The largest absolute Gasteiger partial charge is 0.456 e. The van der Waals surface area contributed by atoms with E-state index in [9.17, 15) is 9.18 Å². The van der Waals surface area contributed by atoms with Crippen LogP contribution in [0.4, 0.5) is 4.39 Å². The highest BCUT2D eigenvalue weighted by molar-refractivity contribution is 5.91. The van der Waals surface area contributed by atoms with Crippen LogP contribution in [0.15, 0.2) is 40.8 Å². The topological polar surface area (TPSA) is 42.2 Å². The second kappa shape index (κ2) is 5.12. The smallest absolute Gasteiger partial charge is 0.287 e. The van der Waals surface area contributed by atoms with Crippen molar-refractivity contribution in [2.75, 3.05) is 0 Å². The van der Waals surface area contributed by atoms with Gasteiger partial charge in [-0.25, -0.2) is 4.39 Å². The molecule has 0 saturated heterocycles. The first-order valence-electron chi connectivity index (χ1n) is 6.74. The van der Waals surface area contributed by atoms with Crippen LogP contribution in [-0.4, -0.2) is 11.9 Å². The fourth-order valence-electron chi connectivity index (χ4n) is 2.58. The molecule has 0 aliphatic heterocycles. The Morgan fingerprint density at radius 2 is 2.10 bits per heavy atom. The average molecular weight is 273 g/mol. The monoisotopic (exact) mass is 273 g/mol. The second-order valence-corrected chi connectivity index (χ2v) is 5.30. The maximum atomic E-state index is 13.1. The lowest BCUT2D eigenvalue weighted by Crippen LogP contribution is -2.43. The molecule has 0 atom stereocenters. The van der Waals surface area contributed by atoms with Gasteiger partial charge in [0.1, 0.15) is 11.6 Å². The molecule has 1 amide bonds. The lowest BCUT2D eigenvalue weighted by Gasteiger charge is -2.36. The molecule has 0 radical (unpaired) electrons. The molecule has 1 fully saturated rings. The number of carbonyl (C=O) groups excluding carboxylic acids is 1. The van der Waals surface area contributed by atoms with E-state index >= 15 is 0 Å². The Kier molecular flexibility index (Phi) is 3.30. The molecule has 104 valence electrons. The van der Waals surface area contributed by atoms with Gasteiger partial charge >= 0.3 is 0 Å². The van der Waals surface area contributed by atoms with Gasteiger partial charge in [-0.3, -0.25) is 4.79 Å². The molecular formula is C16H16FNO2. The van der Waals surface area contributed by atoms with Crippen molar-refractivity contribution in [3.05, 3.63) is 59.3 Å². The number of carbonyl (C=O) groups is 1. The van der Waals surface area contributed by atoms with Crippen molar-refractivity contribution in [1.82, 2.24) is 5.32 Å². The van der Waals surface area contributed by atoms with Crippen molar-refractivity contribution >= 4 is 5.91 Å². The zero-order chi connectivity index (χ0) is 14.1. The van der Waals surface area contributed by atoms with Gasteiger partial charge < -0.3 is 9.73 Å². The summed E-state index contributed by atoms with van der Waals surface area (Å²) in [6, 6.07) is 10.3. The van der Waals surface area contributed by atoms with E-state index in [0.29, 0.717) is 11.7 Å². The third-order valence-corrected chi connectivity index (χ3v) is 3.76. The molecule has 0 spiro atoms. The van der Waals surface area contributed by atoms with Gasteiger partial charge in [-0.05, 0) is 55.5 Å². The van der Waals surface area contributed by atoms with Gasteiger partial charge in [0.15, 0.2) is 5.76 Å². The van der Waals surface area contributed by atoms with Crippen molar-refractivity contribution in [1.29, 1.82) is 0 Å². The standard InChI is InChI=1S/C16H16FNO2/c1-10-5-6-15(20-10)16(19)18-14-8-12(9-14)11-3-2-4-13(17)7-11/h2-7,12,14H,8-9H2,1H3,(H,18,19). The summed E-state index contributed by atoms with van der Waals surface area (Å²) in [5.41, 5.74) is 1.00. The minimum atomic E-state index is -0.207. The molecule has 2 aromatic rings. The Hall–Kier alpha value is -2.10. The SMILES string of the molecule is Cc1ccc(C(=O)NC2CC(c3cccc(F)c3)C2)o1. The molecule has 1 aromatic carbocycles. The predicted octanol–water partition coefficient (Wildman–Crippen LogP) is 3.40. The first-order valence-corrected chi connectivity index (χ1v) is 6.74. The zero-order valence-electron chi connectivity index (χ0n) is 11.2. The van der Waals surface area contributed by atoms with Crippen LogP contribution in [0, 0.1) is 12.7 Å². The summed E-state index contributed by atoms with van der Waals surface area (Å²) in [7, 11) is 0. The highest BCUT2D eigenvalue weighted by Gasteiger charge is 2.32. The number of benzene rings is 1. The Bertz CT molecular complexity index is 629. The van der Waals surface area contributed by atoms with Crippen LogP contribution < -0.4 is 5.32 Å². The number of rotatable bonds is 3. The normalized spacial score (nSPS) is 21.3. The van der Waals surface area contributed by atoms with E-state index in [4.69, 9.17) is 4.42 Å². The van der Waals surface area contributed by atoms with Gasteiger partial charge in [0.25, 0.3) is 5.91 Å². The van der Waals surface area contributed by atoms with Gasteiger partial charge in [0.2, 0.25) is 0 Å². The lowest BCUT2D eigenvalue weighted by molar-refractivity contribution is 0.0879. The molecule has 1 aliphatic rings. The molecule has 4 heteroatoms. The van der Waals surface area contributed by atoms with Crippen LogP contribution in [0.5, 0.6) is 0 Å². The quantitative estimate of drug-likeness (QED) is 0.931. The van der Waals surface area contributed by atoms with E-state index in [-0.39, 0.29) is 17.8 Å². The first-order chi connectivity index (χ1) is 9.61. The number of nitrogens with one attached hydrogen (secondary N) is 1.